The van der Waals surface area contributed by atoms with Crippen molar-refractivity contribution in [3.8, 4) is 0 Å². The van der Waals surface area contributed by atoms with Crippen LogP contribution in [-0.2, 0) is 4.79 Å². The molecule has 0 spiro atoms. The molecule has 1 atom stereocenters. The lowest BCUT2D eigenvalue weighted by atomic mass is 10.2. The molecule has 1 aliphatic carbocycles. The maximum atomic E-state index is 12.0. The van der Waals surface area contributed by atoms with Crippen LogP contribution in [0.4, 0.5) is 0 Å². The SMILES string of the molecule is CCC(C(=O)O)N(C)C(=O)c1cc(C2CC2)on1. The molecule has 18 heavy (non-hydrogen) atoms. The average Bonchev–Trinajstić information content (AvgIpc) is 3.07. The lowest BCUT2D eigenvalue weighted by molar-refractivity contribution is -0.142. The van der Waals surface area contributed by atoms with Crippen molar-refractivity contribution in [2.24, 2.45) is 0 Å². The van der Waals surface area contributed by atoms with Gasteiger partial charge in [-0.25, -0.2) is 4.79 Å². The molecule has 6 heteroatoms. The molecule has 2 rings (SSSR count). The number of aromatic nitrogens is 1. The highest BCUT2D eigenvalue weighted by atomic mass is 16.5. The average molecular weight is 252 g/mol. The standard InChI is InChI=1S/C12H16N2O4/c1-3-9(12(16)17)14(2)11(15)8-6-10(18-13-8)7-4-5-7/h6-7,9H,3-5H2,1-2H3,(H,16,17). The van der Waals surface area contributed by atoms with Crippen LogP contribution in [0.5, 0.6) is 0 Å². The fourth-order valence-corrected chi connectivity index (χ4v) is 1.89. The first-order valence-corrected chi connectivity index (χ1v) is 6.01. The van der Waals surface area contributed by atoms with Gasteiger partial charge in [-0.1, -0.05) is 12.1 Å². The number of carboxylic acids is 1. The van der Waals surface area contributed by atoms with Gasteiger partial charge in [0.15, 0.2) is 5.69 Å². The van der Waals surface area contributed by atoms with Crippen LogP contribution in [0.2, 0.25) is 0 Å². The zero-order valence-electron chi connectivity index (χ0n) is 10.4. The summed E-state index contributed by atoms with van der Waals surface area (Å²) < 4.78 is 5.09. The maximum Gasteiger partial charge on any atom is 0.326 e. The Balaban J connectivity index is 2.11. The van der Waals surface area contributed by atoms with Gasteiger partial charge in [-0.15, -0.1) is 0 Å². The van der Waals surface area contributed by atoms with Crippen LogP contribution in [-0.4, -0.2) is 40.1 Å². The van der Waals surface area contributed by atoms with E-state index in [1.54, 1.807) is 13.0 Å². The molecular formula is C12H16N2O4. The van der Waals surface area contributed by atoms with Gasteiger partial charge in [-0.05, 0) is 19.3 Å². The van der Waals surface area contributed by atoms with Crippen molar-refractivity contribution in [1.29, 1.82) is 0 Å². The van der Waals surface area contributed by atoms with Gasteiger partial charge < -0.3 is 14.5 Å². The molecule has 0 bridgehead atoms. The quantitative estimate of drug-likeness (QED) is 0.858. The van der Waals surface area contributed by atoms with Crippen molar-refractivity contribution in [1.82, 2.24) is 10.1 Å². The number of carboxylic acid groups (broad SMARTS) is 1. The Kier molecular flexibility index (Phi) is 3.36. The van der Waals surface area contributed by atoms with Gasteiger partial charge in [0, 0.05) is 19.0 Å². The second kappa shape index (κ2) is 4.80. The first kappa shape index (κ1) is 12.6. The molecule has 1 aromatic heterocycles. The summed E-state index contributed by atoms with van der Waals surface area (Å²) >= 11 is 0. The second-order valence-electron chi connectivity index (χ2n) is 4.57. The highest BCUT2D eigenvalue weighted by Gasteiger charge is 2.31. The lowest BCUT2D eigenvalue weighted by Gasteiger charge is -2.22. The molecular weight excluding hydrogens is 236 g/mol. The molecule has 0 aromatic carbocycles. The summed E-state index contributed by atoms with van der Waals surface area (Å²) in [5.74, 6) is -0.333. The Morgan fingerprint density at radius 2 is 2.28 bits per heavy atom. The van der Waals surface area contributed by atoms with E-state index in [-0.39, 0.29) is 5.69 Å². The number of carbonyl (C=O) groups is 2. The van der Waals surface area contributed by atoms with Crippen LogP contribution < -0.4 is 0 Å². The van der Waals surface area contributed by atoms with Gasteiger partial charge in [0.05, 0.1) is 0 Å². The highest BCUT2D eigenvalue weighted by Crippen LogP contribution is 2.40. The molecule has 1 fully saturated rings. The monoisotopic (exact) mass is 252 g/mol. The fourth-order valence-electron chi connectivity index (χ4n) is 1.89. The van der Waals surface area contributed by atoms with E-state index in [1.165, 1.54) is 11.9 Å². The third-order valence-electron chi connectivity index (χ3n) is 3.19. The molecule has 6 nitrogen and oxygen atoms in total. The normalized spacial score (nSPS) is 16.3. The van der Waals surface area contributed by atoms with Crippen LogP contribution in [0.25, 0.3) is 0 Å². The Morgan fingerprint density at radius 1 is 1.61 bits per heavy atom. The van der Waals surface area contributed by atoms with Gasteiger partial charge in [0.1, 0.15) is 11.8 Å². The number of nitrogens with zero attached hydrogens (tertiary/aromatic N) is 2. The lowest BCUT2D eigenvalue weighted by Crippen LogP contribution is -2.42. The summed E-state index contributed by atoms with van der Waals surface area (Å²) in [5, 5.41) is 12.7. The molecule has 1 amide bonds. The molecule has 1 N–H and O–H groups in total. The molecule has 1 saturated carbocycles. The first-order valence-electron chi connectivity index (χ1n) is 6.01. The predicted molar refractivity (Wildman–Crippen MR) is 62.3 cm³/mol. The third kappa shape index (κ3) is 2.37. The Labute approximate surface area is 105 Å². The number of hydrogen-bond acceptors (Lipinski definition) is 4. The summed E-state index contributed by atoms with van der Waals surface area (Å²) in [6.45, 7) is 1.72. The minimum absolute atomic E-state index is 0.180. The zero-order valence-corrected chi connectivity index (χ0v) is 10.4. The Bertz CT molecular complexity index is 464. The van der Waals surface area contributed by atoms with E-state index in [2.05, 4.69) is 5.16 Å². The van der Waals surface area contributed by atoms with E-state index in [9.17, 15) is 9.59 Å². The van der Waals surface area contributed by atoms with E-state index in [4.69, 9.17) is 9.63 Å². The highest BCUT2D eigenvalue weighted by molar-refractivity contribution is 5.94. The number of hydrogen-bond donors (Lipinski definition) is 1. The molecule has 1 heterocycles. The summed E-state index contributed by atoms with van der Waals surface area (Å²) in [5.41, 5.74) is 0.180. The van der Waals surface area contributed by atoms with Crippen molar-refractivity contribution in [2.75, 3.05) is 7.05 Å². The number of aliphatic carboxylic acids is 1. The van der Waals surface area contributed by atoms with Crippen molar-refractivity contribution < 1.29 is 19.2 Å². The molecule has 0 radical (unpaired) electrons. The van der Waals surface area contributed by atoms with Crippen LogP contribution in [0.1, 0.15) is 48.4 Å². The van der Waals surface area contributed by atoms with Gasteiger partial charge in [-0.2, -0.15) is 0 Å². The Morgan fingerprint density at radius 3 is 2.78 bits per heavy atom. The summed E-state index contributed by atoms with van der Waals surface area (Å²) in [7, 11) is 1.47. The van der Waals surface area contributed by atoms with E-state index < -0.39 is 17.9 Å². The van der Waals surface area contributed by atoms with Crippen LogP contribution in [0.15, 0.2) is 10.6 Å². The second-order valence-corrected chi connectivity index (χ2v) is 4.57. The van der Waals surface area contributed by atoms with Gasteiger partial charge in [0.2, 0.25) is 0 Å². The van der Waals surface area contributed by atoms with E-state index >= 15 is 0 Å². The van der Waals surface area contributed by atoms with Crippen molar-refractivity contribution in [3.05, 3.63) is 17.5 Å². The molecule has 0 saturated heterocycles. The molecule has 1 unspecified atom stereocenters. The predicted octanol–water partition coefficient (Wildman–Crippen LogP) is 1.49. The number of amides is 1. The smallest absolute Gasteiger partial charge is 0.326 e. The number of rotatable bonds is 5. The van der Waals surface area contributed by atoms with Crippen LogP contribution in [0, 0.1) is 0 Å². The summed E-state index contributed by atoms with van der Waals surface area (Å²) in [6.07, 6.45) is 2.47. The van der Waals surface area contributed by atoms with Gasteiger partial charge in [0.25, 0.3) is 5.91 Å². The fraction of sp³-hybridized carbons (Fsp3) is 0.583. The zero-order chi connectivity index (χ0) is 13.3. The largest absolute Gasteiger partial charge is 0.480 e. The molecule has 1 aliphatic rings. The summed E-state index contributed by atoms with van der Waals surface area (Å²) in [4.78, 5) is 24.2. The van der Waals surface area contributed by atoms with Crippen molar-refractivity contribution in [2.45, 2.75) is 38.1 Å². The molecule has 1 aromatic rings. The van der Waals surface area contributed by atoms with Crippen molar-refractivity contribution in [3.63, 3.8) is 0 Å². The van der Waals surface area contributed by atoms with E-state index in [1.807, 2.05) is 0 Å². The Hall–Kier alpha value is -1.85. The van der Waals surface area contributed by atoms with Gasteiger partial charge >= 0.3 is 5.97 Å². The molecule has 98 valence electrons. The van der Waals surface area contributed by atoms with Gasteiger partial charge in [-0.3, -0.25) is 4.79 Å². The maximum absolute atomic E-state index is 12.0. The number of carbonyl (C=O) groups excluding carboxylic acids is 1. The minimum Gasteiger partial charge on any atom is -0.480 e. The van der Waals surface area contributed by atoms with Crippen molar-refractivity contribution >= 4 is 11.9 Å². The van der Waals surface area contributed by atoms with E-state index in [0.29, 0.717) is 12.3 Å². The third-order valence-corrected chi connectivity index (χ3v) is 3.19. The summed E-state index contributed by atoms with van der Waals surface area (Å²) in [6, 6.07) is 0.781. The topological polar surface area (TPSA) is 83.6 Å². The van der Waals surface area contributed by atoms with Crippen LogP contribution in [0.3, 0.4) is 0 Å². The molecule has 0 aliphatic heterocycles. The minimum atomic E-state index is -1.01. The van der Waals surface area contributed by atoms with E-state index in [0.717, 1.165) is 18.6 Å². The van der Waals surface area contributed by atoms with Crippen LogP contribution >= 0.6 is 0 Å². The first-order chi connectivity index (χ1) is 8.54. The number of likely N-dealkylation sites (N-methyl/N-ethyl adjacent to an activating group) is 1.